The zero-order valence-corrected chi connectivity index (χ0v) is 12.5. The summed E-state index contributed by atoms with van der Waals surface area (Å²) in [5, 5.41) is 11.3. The maximum absolute atomic E-state index is 12.8. The average molecular weight is 309 g/mol. The Morgan fingerprint density at radius 3 is 2.41 bits per heavy atom. The van der Waals surface area contributed by atoms with Crippen LogP contribution in [0.25, 0.3) is 0 Å². The van der Waals surface area contributed by atoms with Gasteiger partial charge in [-0.1, -0.05) is 29.8 Å². The lowest BCUT2D eigenvalue weighted by atomic mass is 9.73. The van der Waals surface area contributed by atoms with Crippen LogP contribution < -0.4 is 5.32 Å². The van der Waals surface area contributed by atoms with E-state index in [4.69, 9.17) is 9.84 Å². The number of hydrogen-bond donors (Lipinski definition) is 2. The summed E-state index contributed by atoms with van der Waals surface area (Å²) < 4.78 is 18.1. The number of aliphatic carboxylic acids is 1. The van der Waals surface area contributed by atoms with Gasteiger partial charge in [-0.2, -0.15) is 0 Å². The summed E-state index contributed by atoms with van der Waals surface area (Å²) in [6, 6.07) is 6.03. The van der Waals surface area contributed by atoms with Gasteiger partial charge in [-0.05, 0) is 25.3 Å². The number of carboxylic acids is 1. The molecule has 1 amide bonds. The number of aryl methyl sites for hydroxylation is 1. The van der Waals surface area contributed by atoms with Crippen molar-refractivity contribution in [2.45, 2.75) is 31.2 Å². The summed E-state index contributed by atoms with van der Waals surface area (Å²) in [6.07, 6.45) is 0.890. The van der Waals surface area contributed by atoms with E-state index in [9.17, 15) is 14.0 Å². The molecule has 1 aliphatic heterocycles. The summed E-state index contributed by atoms with van der Waals surface area (Å²) in [5.74, 6) is -1.83. The Hall–Kier alpha value is -1.95. The van der Waals surface area contributed by atoms with Crippen LogP contribution in [0.4, 0.5) is 4.39 Å². The van der Waals surface area contributed by atoms with Gasteiger partial charge in [0.05, 0.1) is 5.41 Å². The third-order valence-corrected chi connectivity index (χ3v) is 4.14. The first-order chi connectivity index (χ1) is 10.5. The number of nitrogens with one attached hydrogen (secondary N) is 1. The predicted molar refractivity (Wildman–Crippen MR) is 78.5 cm³/mol. The lowest BCUT2D eigenvalue weighted by molar-refractivity contribution is -0.144. The van der Waals surface area contributed by atoms with E-state index in [2.05, 4.69) is 5.32 Å². The van der Waals surface area contributed by atoms with Crippen LogP contribution in [-0.4, -0.2) is 42.9 Å². The molecule has 120 valence electrons. The zero-order valence-electron chi connectivity index (χ0n) is 12.5. The molecule has 1 fully saturated rings. The standard InChI is InChI=1S/C16H20FNO4/c1-11-2-4-12(5-3-11)16(6-8-22-9-7-16)15(21)18-13(10-17)14(19)20/h2-5,13H,6-10H2,1H3,(H,18,21)(H,19,20). The molecule has 2 rings (SSSR count). The smallest absolute Gasteiger partial charge is 0.328 e. The van der Waals surface area contributed by atoms with Gasteiger partial charge in [0.15, 0.2) is 6.04 Å². The van der Waals surface area contributed by atoms with Gasteiger partial charge in [-0.15, -0.1) is 0 Å². The lowest BCUT2D eigenvalue weighted by Gasteiger charge is -2.37. The number of carbonyl (C=O) groups is 2. The van der Waals surface area contributed by atoms with Crippen molar-refractivity contribution in [1.82, 2.24) is 5.32 Å². The van der Waals surface area contributed by atoms with E-state index in [-0.39, 0.29) is 0 Å². The zero-order chi connectivity index (χ0) is 16.2. The maximum Gasteiger partial charge on any atom is 0.328 e. The highest BCUT2D eigenvalue weighted by atomic mass is 19.1. The molecule has 0 radical (unpaired) electrons. The molecule has 1 unspecified atom stereocenters. The van der Waals surface area contributed by atoms with E-state index in [1.54, 1.807) is 0 Å². The minimum Gasteiger partial charge on any atom is -0.480 e. The Kier molecular flexibility index (Phi) is 5.13. The monoisotopic (exact) mass is 309 g/mol. The summed E-state index contributed by atoms with van der Waals surface area (Å²) in [4.78, 5) is 23.6. The van der Waals surface area contributed by atoms with E-state index in [0.717, 1.165) is 11.1 Å². The van der Waals surface area contributed by atoms with Crippen LogP contribution in [0.3, 0.4) is 0 Å². The summed E-state index contributed by atoms with van der Waals surface area (Å²) >= 11 is 0. The fourth-order valence-electron chi connectivity index (χ4n) is 2.70. The van der Waals surface area contributed by atoms with Crippen LogP contribution in [0.1, 0.15) is 24.0 Å². The predicted octanol–water partition coefficient (Wildman–Crippen LogP) is 1.58. The molecule has 1 atom stereocenters. The minimum atomic E-state index is -1.52. The summed E-state index contributed by atoms with van der Waals surface area (Å²) in [5.41, 5.74) is 1.01. The minimum absolute atomic E-state index is 0.411. The molecular weight excluding hydrogens is 289 g/mol. The molecule has 0 saturated carbocycles. The first-order valence-electron chi connectivity index (χ1n) is 7.24. The Bertz CT molecular complexity index is 538. The second kappa shape index (κ2) is 6.87. The first kappa shape index (κ1) is 16.4. The Labute approximate surface area is 128 Å². The van der Waals surface area contributed by atoms with E-state index in [0.29, 0.717) is 26.1 Å². The molecular formula is C16H20FNO4. The molecule has 6 heteroatoms. The van der Waals surface area contributed by atoms with E-state index in [1.165, 1.54) is 0 Å². The molecule has 1 heterocycles. The fourth-order valence-corrected chi connectivity index (χ4v) is 2.70. The largest absolute Gasteiger partial charge is 0.480 e. The first-order valence-corrected chi connectivity index (χ1v) is 7.24. The van der Waals surface area contributed by atoms with Gasteiger partial charge in [-0.25, -0.2) is 9.18 Å². The van der Waals surface area contributed by atoms with Crippen LogP contribution in [-0.2, 0) is 19.7 Å². The summed E-state index contributed by atoms with van der Waals surface area (Å²) in [7, 11) is 0. The molecule has 1 aromatic rings. The van der Waals surface area contributed by atoms with Gasteiger partial charge in [0.1, 0.15) is 6.67 Å². The van der Waals surface area contributed by atoms with Crippen molar-refractivity contribution in [2.24, 2.45) is 0 Å². The third kappa shape index (κ3) is 3.27. The summed E-state index contributed by atoms with van der Waals surface area (Å²) in [6.45, 7) is 1.63. The van der Waals surface area contributed by atoms with Gasteiger partial charge < -0.3 is 15.2 Å². The van der Waals surface area contributed by atoms with E-state index in [1.807, 2.05) is 31.2 Å². The topological polar surface area (TPSA) is 75.6 Å². The van der Waals surface area contributed by atoms with E-state index >= 15 is 0 Å². The number of rotatable bonds is 5. The van der Waals surface area contributed by atoms with Crippen molar-refractivity contribution >= 4 is 11.9 Å². The van der Waals surface area contributed by atoms with Gasteiger partial charge in [-0.3, -0.25) is 4.79 Å². The molecule has 22 heavy (non-hydrogen) atoms. The molecule has 5 nitrogen and oxygen atoms in total. The van der Waals surface area contributed by atoms with Crippen LogP contribution in [0.15, 0.2) is 24.3 Å². The van der Waals surface area contributed by atoms with Crippen molar-refractivity contribution < 1.29 is 23.8 Å². The SMILES string of the molecule is Cc1ccc(C2(C(=O)NC(CF)C(=O)O)CCOCC2)cc1. The molecule has 0 bridgehead atoms. The van der Waals surface area contributed by atoms with Crippen molar-refractivity contribution in [3.8, 4) is 0 Å². The van der Waals surface area contributed by atoms with Crippen LogP contribution >= 0.6 is 0 Å². The lowest BCUT2D eigenvalue weighted by Crippen LogP contribution is -2.53. The quantitative estimate of drug-likeness (QED) is 0.866. The highest BCUT2D eigenvalue weighted by molar-refractivity contribution is 5.91. The molecule has 0 spiro atoms. The third-order valence-electron chi connectivity index (χ3n) is 4.14. The molecule has 2 N–H and O–H groups in total. The van der Waals surface area contributed by atoms with Gasteiger partial charge >= 0.3 is 5.97 Å². The number of benzene rings is 1. The number of carboxylic acid groups (broad SMARTS) is 1. The second-order valence-electron chi connectivity index (χ2n) is 5.58. The van der Waals surface area contributed by atoms with Gasteiger partial charge in [0, 0.05) is 13.2 Å². The number of alkyl halides is 1. The number of ether oxygens (including phenoxy) is 1. The van der Waals surface area contributed by atoms with Gasteiger partial charge in [0.25, 0.3) is 0 Å². The molecule has 0 aromatic heterocycles. The Morgan fingerprint density at radius 2 is 1.91 bits per heavy atom. The maximum atomic E-state index is 12.8. The molecule has 1 aromatic carbocycles. The highest BCUT2D eigenvalue weighted by Gasteiger charge is 2.43. The highest BCUT2D eigenvalue weighted by Crippen LogP contribution is 2.35. The van der Waals surface area contributed by atoms with Crippen molar-refractivity contribution in [1.29, 1.82) is 0 Å². The number of amides is 1. The van der Waals surface area contributed by atoms with Crippen LogP contribution in [0.2, 0.25) is 0 Å². The van der Waals surface area contributed by atoms with E-state index < -0.39 is 30.0 Å². The number of halogens is 1. The number of hydrogen-bond acceptors (Lipinski definition) is 3. The normalized spacial score (nSPS) is 18.5. The Balaban J connectivity index is 2.30. The molecule has 1 saturated heterocycles. The number of carbonyl (C=O) groups excluding carboxylic acids is 1. The average Bonchev–Trinajstić information content (AvgIpc) is 2.53. The van der Waals surface area contributed by atoms with Gasteiger partial charge in [0.2, 0.25) is 5.91 Å². The Morgan fingerprint density at radius 1 is 1.32 bits per heavy atom. The van der Waals surface area contributed by atoms with Crippen LogP contribution in [0, 0.1) is 6.92 Å². The molecule has 1 aliphatic rings. The molecule has 0 aliphatic carbocycles. The fraction of sp³-hybridized carbons (Fsp3) is 0.500. The van der Waals surface area contributed by atoms with Crippen molar-refractivity contribution in [2.75, 3.05) is 19.9 Å². The van der Waals surface area contributed by atoms with Crippen molar-refractivity contribution in [3.63, 3.8) is 0 Å². The second-order valence-corrected chi connectivity index (χ2v) is 5.58. The van der Waals surface area contributed by atoms with Crippen molar-refractivity contribution in [3.05, 3.63) is 35.4 Å². The van der Waals surface area contributed by atoms with Crippen LogP contribution in [0.5, 0.6) is 0 Å².